The van der Waals surface area contributed by atoms with Crippen molar-refractivity contribution >= 4 is 49.0 Å². The zero-order valence-corrected chi connectivity index (χ0v) is 20.4. The van der Waals surface area contributed by atoms with Crippen LogP contribution in [0.2, 0.25) is 0 Å². The Morgan fingerprint density at radius 1 is 1.18 bits per heavy atom. The Balaban J connectivity index is 1.59. The molecule has 0 aliphatic carbocycles. The lowest BCUT2D eigenvalue weighted by Crippen LogP contribution is -2.35. The summed E-state index contributed by atoms with van der Waals surface area (Å²) in [7, 11) is -2.07. The molecule has 2 aliphatic heterocycles. The first kappa shape index (κ1) is 23.7. The Hall–Kier alpha value is -3.44. The molecule has 0 aromatic heterocycles. The number of hydrogen-bond donors (Lipinski definition) is 1. The third-order valence-electron chi connectivity index (χ3n) is 5.23. The molecule has 2 aliphatic rings. The van der Waals surface area contributed by atoms with Crippen LogP contribution in [0.3, 0.4) is 0 Å². The normalized spacial score (nSPS) is 16.9. The molecule has 0 atom stereocenters. The summed E-state index contributed by atoms with van der Waals surface area (Å²) in [6, 6.07) is 13.1. The van der Waals surface area contributed by atoms with Gasteiger partial charge in [-0.1, -0.05) is 37.3 Å². The topological polar surface area (TPSA) is 121 Å². The molecule has 0 fully saturated rings. The monoisotopic (exact) mass is 498 g/mol. The van der Waals surface area contributed by atoms with Crippen molar-refractivity contribution in [3.05, 3.63) is 64.7 Å². The predicted octanol–water partition coefficient (Wildman–Crippen LogP) is 3.59. The van der Waals surface area contributed by atoms with Gasteiger partial charge in [-0.2, -0.15) is 10.0 Å². The number of methoxy groups -OCH3 is 1. The molecule has 0 spiro atoms. The van der Waals surface area contributed by atoms with Gasteiger partial charge >= 0.3 is 0 Å². The van der Waals surface area contributed by atoms with Gasteiger partial charge in [-0.25, -0.2) is 8.42 Å². The average molecular weight is 499 g/mol. The van der Waals surface area contributed by atoms with Crippen LogP contribution >= 0.6 is 11.8 Å². The van der Waals surface area contributed by atoms with Gasteiger partial charge in [0.25, 0.3) is 5.91 Å². The summed E-state index contributed by atoms with van der Waals surface area (Å²) in [5, 5.41) is 13.5. The molecule has 9 nitrogen and oxygen atoms in total. The molecular formula is C23H22N4O5S2. The van der Waals surface area contributed by atoms with E-state index in [0.717, 1.165) is 27.9 Å². The molecule has 0 saturated heterocycles. The van der Waals surface area contributed by atoms with Crippen LogP contribution < -0.4 is 9.47 Å². The molecular weight excluding hydrogens is 476 g/mol. The minimum atomic E-state index is -3.58. The van der Waals surface area contributed by atoms with Crippen LogP contribution in [0.25, 0.3) is 6.08 Å². The number of hydrazone groups is 1. The number of fused-ring (bicyclic) bond motifs is 1. The third kappa shape index (κ3) is 4.62. The van der Waals surface area contributed by atoms with Crippen molar-refractivity contribution in [3.63, 3.8) is 0 Å². The smallest absolute Gasteiger partial charge is 0.283 e. The highest BCUT2D eigenvalue weighted by Gasteiger charge is 2.39. The first-order valence-corrected chi connectivity index (χ1v) is 12.8. The van der Waals surface area contributed by atoms with E-state index in [9.17, 15) is 13.2 Å². The maximum Gasteiger partial charge on any atom is 0.283 e. The van der Waals surface area contributed by atoms with Crippen molar-refractivity contribution in [2.24, 2.45) is 10.1 Å². The van der Waals surface area contributed by atoms with Crippen LogP contribution in [0.5, 0.6) is 11.5 Å². The Kier molecular flexibility index (Phi) is 6.58. The van der Waals surface area contributed by atoms with Crippen molar-refractivity contribution in [3.8, 4) is 11.5 Å². The molecule has 0 bridgehead atoms. The fourth-order valence-electron chi connectivity index (χ4n) is 3.21. The summed E-state index contributed by atoms with van der Waals surface area (Å²) in [6.07, 6.45) is 1.49. The second-order valence-corrected chi connectivity index (χ2v) is 10.8. The number of nitrogens with one attached hydrogen (secondary N) is 1. The number of sulfone groups is 1. The number of benzene rings is 2. The SMILES string of the molecule is CCS(=O)(=O)C1=NN2C(=N)/C(=C\c3ccc(OCc4ccccc4C)c(OC)c3)C(=O)N=C2S1. The van der Waals surface area contributed by atoms with Gasteiger partial charge in [-0.3, -0.25) is 10.2 Å². The average Bonchev–Trinajstić information content (AvgIpc) is 3.26. The van der Waals surface area contributed by atoms with Crippen LogP contribution in [0.15, 0.2) is 58.1 Å². The van der Waals surface area contributed by atoms with Crippen LogP contribution in [-0.2, 0) is 21.2 Å². The zero-order chi connectivity index (χ0) is 24.5. The lowest BCUT2D eigenvalue weighted by Gasteiger charge is -2.20. The highest BCUT2D eigenvalue weighted by Crippen LogP contribution is 2.33. The number of aliphatic imine (C=N–C) groups is 1. The van der Waals surface area contributed by atoms with E-state index in [1.165, 1.54) is 20.1 Å². The van der Waals surface area contributed by atoms with E-state index in [2.05, 4.69) is 10.1 Å². The predicted molar refractivity (Wildman–Crippen MR) is 133 cm³/mol. The summed E-state index contributed by atoms with van der Waals surface area (Å²) in [5.74, 6) is -0.0288. The van der Waals surface area contributed by atoms with Gasteiger partial charge in [-0.05, 0) is 53.6 Å². The molecule has 2 heterocycles. The minimum Gasteiger partial charge on any atom is -0.493 e. The molecule has 0 radical (unpaired) electrons. The molecule has 2 aromatic carbocycles. The van der Waals surface area contributed by atoms with Crippen molar-refractivity contribution in [2.45, 2.75) is 20.5 Å². The number of rotatable bonds is 6. The van der Waals surface area contributed by atoms with Crippen LogP contribution in [0.1, 0.15) is 23.6 Å². The summed E-state index contributed by atoms with van der Waals surface area (Å²) in [4.78, 5) is 16.5. The zero-order valence-electron chi connectivity index (χ0n) is 18.7. The molecule has 2 aromatic rings. The quantitative estimate of drug-likeness (QED) is 0.604. The lowest BCUT2D eigenvalue weighted by molar-refractivity contribution is -0.114. The number of ether oxygens (including phenoxy) is 2. The minimum absolute atomic E-state index is 0.0149. The largest absolute Gasteiger partial charge is 0.493 e. The Bertz CT molecular complexity index is 1380. The molecule has 4 rings (SSSR count). The Morgan fingerprint density at radius 3 is 2.65 bits per heavy atom. The molecule has 0 saturated carbocycles. The number of nitrogens with zero attached hydrogens (tertiary/aromatic N) is 3. The number of carbonyl (C=O) groups excluding carboxylic acids is 1. The van der Waals surface area contributed by atoms with Gasteiger partial charge in [0.05, 0.1) is 18.4 Å². The van der Waals surface area contributed by atoms with Crippen molar-refractivity contribution in [1.82, 2.24) is 5.01 Å². The molecule has 176 valence electrons. The number of amides is 1. The Morgan fingerprint density at radius 2 is 1.94 bits per heavy atom. The first-order chi connectivity index (χ1) is 16.2. The van der Waals surface area contributed by atoms with E-state index >= 15 is 0 Å². The van der Waals surface area contributed by atoms with Crippen molar-refractivity contribution in [2.75, 3.05) is 12.9 Å². The van der Waals surface area contributed by atoms with Crippen molar-refractivity contribution in [1.29, 1.82) is 5.41 Å². The lowest BCUT2D eigenvalue weighted by atomic mass is 10.1. The van der Waals surface area contributed by atoms with Gasteiger partial charge in [0.2, 0.25) is 19.4 Å². The maximum atomic E-state index is 12.6. The third-order valence-corrected chi connectivity index (χ3v) is 8.31. The van der Waals surface area contributed by atoms with Crippen molar-refractivity contribution < 1.29 is 22.7 Å². The number of aryl methyl sites for hydroxylation is 1. The summed E-state index contributed by atoms with van der Waals surface area (Å²) < 4.78 is 35.5. The molecule has 1 N–H and O–H groups in total. The number of thioether (sulfide) groups is 1. The fourth-order valence-corrected chi connectivity index (χ4v) is 5.37. The molecule has 11 heteroatoms. The molecule has 0 unspecified atom stereocenters. The molecule has 34 heavy (non-hydrogen) atoms. The fraction of sp³-hybridized carbons (Fsp3) is 0.217. The number of amidine groups is 2. The van der Waals surface area contributed by atoms with Crippen LogP contribution in [-0.4, -0.2) is 47.6 Å². The highest BCUT2D eigenvalue weighted by atomic mass is 32.3. The maximum absolute atomic E-state index is 12.6. The van der Waals surface area contributed by atoms with E-state index < -0.39 is 15.7 Å². The summed E-state index contributed by atoms with van der Waals surface area (Å²) in [5.41, 5.74) is 2.75. The standard InChI is InChI=1S/C23H22N4O5S2/c1-4-34(29,30)23-26-27-20(24)17(21(28)25-22(27)33-23)11-15-9-10-18(19(12-15)31-3)32-13-16-8-6-5-7-14(16)2/h5-12,24H,4,13H2,1-3H3/b17-11+,24-20?. The van der Waals surface area contributed by atoms with E-state index in [4.69, 9.17) is 14.9 Å². The molecule has 1 amide bonds. The summed E-state index contributed by atoms with van der Waals surface area (Å²) >= 11 is 0.767. The van der Waals surface area contributed by atoms with Gasteiger partial charge in [0.15, 0.2) is 17.3 Å². The first-order valence-electron chi connectivity index (χ1n) is 10.3. The summed E-state index contributed by atoms with van der Waals surface area (Å²) in [6.45, 7) is 3.89. The number of hydrogen-bond acceptors (Lipinski definition) is 8. The van der Waals surface area contributed by atoms with Crippen LogP contribution in [0, 0.1) is 12.3 Å². The van der Waals surface area contributed by atoms with Gasteiger partial charge in [0.1, 0.15) is 6.61 Å². The van der Waals surface area contributed by atoms with Gasteiger partial charge in [-0.15, -0.1) is 5.10 Å². The van der Waals surface area contributed by atoms with E-state index in [-0.39, 0.29) is 26.7 Å². The second kappa shape index (κ2) is 9.43. The number of carbonyl (C=O) groups is 1. The highest BCUT2D eigenvalue weighted by molar-refractivity contribution is 8.42. The second-order valence-electron chi connectivity index (χ2n) is 7.41. The van der Waals surface area contributed by atoms with Gasteiger partial charge < -0.3 is 9.47 Å². The van der Waals surface area contributed by atoms with E-state index in [0.29, 0.717) is 23.7 Å². The van der Waals surface area contributed by atoms with E-state index in [1.54, 1.807) is 18.2 Å². The van der Waals surface area contributed by atoms with Gasteiger partial charge in [0, 0.05) is 0 Å². The van der Waals surface area contributed by atoms with Crippen LogP contribution in [0.4, 0.5) is 0 Å². The van der Waals surface area contributed by atoms with E-state index in [1.807, 2.05) is 31.2 Å². The Labute approximate surface area is 201 Å².